The topological polar surface area (TPSA) is 94.0 Å². The first-order valence-electron chi connectivity index (χ1n) is 8.49. The molecule has 122 valence electrons. The molecule has 1 heterocycles. The molecule has 0 aromatic carbocycles. The van der Waals surface area contributed by atoms with Gasteiger partial charge in [-0.15, -0.1) is 0 Å². The molecule has 1 amide bonds. The van der Waals surface area contributed by atoms with Gasteiger partial charge in [-0.05, 0) is 39.0 Å². The molecule has 0 bridgehead atoms. The molecule has 6 nitrogen and oxygen atoms in total. The molecule has 0 saturated heterocycles. The second-order valence-electron chi connectivity index (χ2n) is 6.97. The first-order valence-corrected chi connectivity index (χ1v) is 8.49. The zero-order chi connectivity index (χ0) is 15.6. The zero-order valence-corrected chi connectivity index (χ0v) is 13.3. The van der Waals surface area contributed by atoms with Gasteiger partial charge < -0.3 is 15.6 Å². The molecule has 0 spiro atoms. The predicted molar refractivity (Wildman–Crippen MR) is 81.9 cm³/mol. The van der Waals surface area contributed by atoms with Gasteiger partial charge in [-0.1, -0.05) is 24.4 Å². The normalized spacial score (nSPS) is 22.8. The second kappa shape index (κ2) is 6.36. The van der Waals surface area contributed by atoms with Crippen molar-refractivity contribution in [3.05, 3.63) is 11.7 Å². The van der Waals surface area contributed by atoms with E-state index in [2.05, 4.69) is 15.5 Å². The van der Waals surface area contributed by atoms with E-state index in [4.69, 9.17) is 10.3 Å². The predicted octanol–water partition coefficient (Wildman–Crippen LogP) is 2.03. The van der Waals surface area contributed by atoms with Crippen LogP contribution in [0.2, 0.25) is 0 Å². The van der Waals surface area contributed by atoms with Gasteiger partial charge in [0.25, 0.3) is 0 Å². The van der Waals surface area contributed by atoms with Gasteiger partial charge in [0.15, 0.2) is 5.82 Å². The van der Waals surface area contributed by atoms with Crippen LogP contribution >= 0.6 is 0 Å². The third-order valence-electron chi connectivity index (χ3n) is 5.00. The summed E-state index contributed by atoms with van der Waals surface area (Å²) < 4.78 is 5.29. The molecule has 2 saturated carbocycles. The van der Waals surface area contributed by atoms with Gasteiger partial charge >= 0.3 is 0 Å². The average Bonchev–Trinajstić information content (AvgIpc) is 2.94. The Morgan fingerprint density at radius 3 is 2.73 bits per heavy atom. The number of nitrogens with one attached hydrogen (secondary N) is 1. The molecule has 3 rings (SSSR count). The number of aromatic nitrogens is 2. The van der Waals surface area contributed by atoms with Crippen molar-refractivity contribution >= 4 is 5.91 Å². The zero-order valence-electron chi connectivity index (χ0n) is 13.3. The lowest BCUT2D eigenvalue weighted by Gasteiger charge is -2.34. The largest absolute Gasteiger partial charge is 0.353 e. The number of hydrogen-bond acceptors (Lipinski definition) is 5. The molecule has 0 aliphatic heterocycles. The lowest BCUT2D eigenvalue weighted by atomic mass is 9.77. The number of carbonyl (C=O) groups excluding carboxylic acids is 1. The van der Waals surface area contributed by atoms with E-state index in [9.17, 15) is 4.79 Å². The van der Waals surface area contributed by atoms with Crippen molar-refractivity contribution in [3.8, 4) is 0 Å². The van der Waals surface area contributed by atoms with Gasteiger partial charge in [0.1, 0.15) is 0 Å². The fourth-order valence-electron chi connectivity index (χ4n) is 3.36. The number of carbonyl (C=O) groups is 1. The lowest BCUT2D eigenvalue weighted by Crippen LogP contribution is -2.44. The van der Waals surface area contributed by atoms with Crippen molar-refractivity contribution in [1.82, 2.24) is 15.5 Å². The quantitative estimate of drug-likeness (QED) is 0.868. The Balaban J connectivity index is 1.51. The van der Waals surface area contributed by atoms with E-state index in [1.165, 1.54) is 6.42 Å². The SMILES string of the molecule is CC(Cc1nc(C2(N)CCC2)no1)NC(=O)C1CCCCC1. The monoisotopic (exact) mass is 306 g/mol. The van der Waals surface area contributed by atoms with E-state index >= 15 is 0 Å². The van der Waals surface area contributed by atoms with Crippen LogP contribution in [0.4, 0.5) is 0 Å². The van der Waals surface area contributed by atoms with Crippen molar-refractivity contribution < 1.29 is 9.32 Å². The van der Waals surface area contributed by atoms with Crippen molar-refractivity contribution in [2.75, 3.05) is 0 Å². The molecule has 6 heteroatoms. The smallest absolute Gasteiger partial charge is 0.228 e. The molecule has 3 N–H and O–H groups in total. The van der Waals surface area contributed by atoms with E-state index in [1.54, 1.807) is 0 Å². The molecular weight excluding hydrogens is 280 g/mol. The van der Waals surface area contributed by atoms with Crippen molar-refractivity contribution in [1.29, 1.82) is 0 Å². The van der Waals surface area contributed by atoms with Crippen LogP contribution in [-0.2, 0) is 16.8 Å². The van der Waals surface area contributed by atoms with Gasteiger partial charge in [0, 0.05) is 18.4 Å². The van der Waals surface area contributed by atoms with E-state index in [-0.39, 0.29) is 17.9 Å². The summed E-state index contributed by atoms with van der Waals surface area (Å²) in [5.74, 6) is 1.51. The molecule has 1 aromatic heterocycles. The molecular formula is C16H26N4O2. The van der Waals surface area contributed by atoms with E-state index in [1.807, 2.05) is 6.92 Å². The molecule has 2 aliphatic rings. The number of rotatable bonds is 5. The number of nitrogens with two attached hydrogens (primary N) is 1. The van der Waals surface area contributed by atoms with E-state index in [0.717, 1.165) is 44.9 Å². The summed E-state index contributed by atoms with van der Waals surface area (Å²) >= 11 is 0. The molecule has 1 atom stereocenters. The number of nitrogens with zero attached hydrogens (tertiary/aromatic N) is 2. The maximum Gasteiger partial charge on any atom is 0.228 e. The average molecular weight is 306 g/mol. The fraction of sp³-hybridized carbons (Fsp3) is 0.812. The van der Waals surface area contributed by atoms with Crippen LogP contribution < -0.4 is 11.1 Å². The standard InChI is InChI=1S/C16H26N4O2/c1-11(18-14(21)12-6-3-2-4-7-12)10-13-19-15(20-22-13)16(17)8-5-9-16/h11-12H,2-10,17H2,1H3,(H,18,21). The van der Waals surface area contributed by atoms with Crippen LogP contribution in [0.5, 0.6) is 0 Å². The molecule has 0 radical (unpaired) electrons. The van der Waals surface area contributed by atoms with Gasteiger partial charge in [-0.2, -0.15) is 4.98 Å². The Morgan fingerprint density at radius 1 is 1.36 bits per heavy atom. The number of hydrogen-bond donors (Lipinski definition) is 2. The van der Waals surface area contributed by atoms with Crippen LogP contribution in [0.15, 0.2) is 4.52 Å². The molecule has 2 fully saturated rings. The second-order valence-corrected chi connectivity index (χ2v) is 6.97. The summed E-state index contributed by atoms with van der Waals surface area (Å²) in [7, 11) is 0. The Hall–Kier alpha value is -1.43. The molecule has 2 aliphatic carbocycles. The minimum absolute atomic E-state index is 0.00200. The van der Waals surface area contributed by atoms with Gasteiger partial charge in [-0.3, -0.25) is 4.79 Å². The first kappa shape index (κ1) is 15.5. The summed E-state index contributed by atoms with van der Waals surface area (Å²) in [5, 5.41) is 7.08. The maximum atomic E-state index is 12.2. The minimum Gasteiger partial charge on any atom is -0.353 e. The van der Waals surface area contributed by atoms with Crippen molar-refractivity contribution in [3.63, 3.8) is 0 Å². The third kappa shape index (κ3) is 3.32. The van der Waals surface area contributed by atoms with Gasteiger partial charge in [0.05, 0.1) is 5.54 Å². The lowest BCUT2D eigenvalue weighted by molar-refractivity contribution is -0.126. The number of amides is 1. The van der Waals surface area contributed by atoms with Crippen molar-refractivity contribution in [2.24, 2.45) is 11.7 Å². The summed E-state index contributed by atoms with van der Waals surface area (Å²) in [5.41, 5.74) is 5.80. The highest BCUT2D eigenvalue weighted by atomic mass is 16.5. The van der Waals surface area contributed by atoms with Gasteiger partial charge in [-0.25, -0.2) is 0 Å². The van der Waals surface area contributed by atoms with Crippen LogP contribution in [0.1, 0.15) is 70.0 Å². The summed E-state index contributed by atoms with van der Waals surface area (Å²) in [6.07, 6.45) is 9.12. The van der Waals surface area contributed by atoms with Gasteiger partial charge in [0.2, 0.25) is 11.8 Å². The Kier molecular flexibility index (Phi) is 4.47. The van der Waals surface area contributed by atoms with Crippen LogP contribution in [-0.4, -0.2) is 22.1 Å². The minimum atomic E-state index is -0.393. The first-order chi connectivity index (χ1) is 10.6. The summed E-state index contributed by atoms with van der Waals surface area (Å²) in [6.45, 7) is 1.98. The molecule has 1 aromatic rings. The summed E-state index contributed by atoms with van der Waals surface area (Å²) in [4.78, 5) is 16.6. The maximum absolute atomic E-state index is 12.2. The molecule has 1 unspecified atom stereocenters. The van der Waals surface area contributed by atoms with E-state index in [0.29, 0.717) is 18.1 Å². The highest BCUT2D eigenvalue weighted by Gasteiger charge is 2.39. The summed E-state index contributed by atoms with van der Waals surface area (Å²) in [6, 6.07) is -0.00200. The van der Waals surface area contributed by atoms with Crippen LogP contribution in [0.25, 0.3) is 0 Å². The van der Waals surface area contributed by atoms with Crippen molar-refractivity contribution in [2.45, 2.75) is 76.3 Å². The fourth-order valence-corrected chi connectivity index (χ4v) is 3.36. The van der Waals surface area contributed by atoms with Crippen LogP contribution in [0, 0.1) is 5.92 Å². The Labute approximate surface area is 131 Å². The Morgan fingerprint density at radius 2 is 2.09 bits per heavy atom. The Bertz CT molecular complexity index is 518. The van der Waals surface area contributed by atoms with Crippen LogP contribution in [0.3, 0.4) is 0 Å². The van der Waals surface area contributed by atoms with E-state index < -0.39 is 5.54 Å². The highest BCUT2D eigenvalue weighted by molar-refractivity contribution is 5.78. The molecule has 22 heavy (non-hydrogen) atoms. The highest BCUT2D eigenvalue weighted by Crippen LogP contribution is 2.36. The third-order valence-corrected chi connectivity index (χ3v) is 5.00.